The number of nitro groups is 1. The van der Waals surface area contributed by atoms with Crippen LogP contribution in [0.15, 0.2) is 55.2 Å². The van der Waals surface area contributed by atoms with Gasteiger partial charge >= 0.3 is 0 Å². The van der Waals surface area contributed by atoms with Crippen molar-refractivity contribution in [1.82, 2.24) is 24.9 Å². The van der Waals surface area contributed by atoms with E-state index in [0.717, 1.165) is 18.3 Å². The van der Waals surface area contributed by atoms with Gasteiger partial charge in [-0.2, -0.15) is 0 Å². The fourth-order valence-corrected chi connectivity index (χ4v) is 2.83. The SMILES string of the molecule is O=[N+]([O-])c1ccc(NC[CH]c2ncc(-c3cnc[nH]3)c(-c3ccc(F)cc3F)n2)nc1. The predicted octanol–water partition coefficient (Wildman–Crippen LogP) is 3.78. The third kappa shape index (κ3) is 4.50. The normalized spacial score (nSPS) is 10.8. The molecule has 0 aliphatic heterocycles. The van der Waals surface area contributed by atoms with E-state index < -0.39 is 16.6 Å². The maximum absolute atomic E-state index is 14.4. The van der Waals surface area contributed by atoms with Crippen molar-refractivity contribution in [3.05, 3.63) is 89.2 Å². The Morgan fingerprint density at radius 1 is 1.10 bits per heavy atom. The van der Waals surface area contributed by atoms with E-state index >= 15 is 0 Å². The zero-order valence-corrected chi connectivity index (χ0v) is 15.8. The third-order valence-electron chi connectivity index (χ3n) is 4.31. The molecule has 0 amide bonds. The van der Waals surface area contributed by atoms with Gasteiger partial charge in [0.25, 0.3) is 5.69 Å². The zero-order valence-electron chi connectivity index (χ0n) is 15.8. The lowest BCUT2D eigenvalue weighted by Crippen LogP contribution is -2.08. The second-order valence-electron chi connectivity index (χ2n) is 6.32. The van der Waals surface area contributed by atoms with Crippen molar-refractivity contribution in [3.63, 3.8) is 0 Å². The van der Waals surface area contributed by atoms with Crippen molar-refractivity contribution < 1.29 is 13.7 Å². The lowest BCUT2D eigenvalue weighted by molar-refractivity contribution is -0.385. The summed E-state index contributed by atoms with van der Waals surface area (Å²) in [6, 6.07) is 6.07. The summed E-state index contributed by atoms with van der Waals surface area (Å²) in [7, 11) is 0. The summed E-state index contributed by atoms with van der Waals surface area (Å²) in [5, 5.41) is 13.7. The number of aromatic amines is 1. The van der Waals surface area contributed by atoms with Gasteiger partial charge in [0.15, 0.2) is 0 Å². The van der Waals surface area contributed by atoms with Gasteiger partial charge in [-0.15, -0.1) is 0 Å². The van der Waals surface area contributed by atoms with E-state index in [1.807, 2.05) is 0 Å². The van der Waals surface area contributed by atoms with E-state index in [-0.39, 0.29) is 23.5 Å². The summed E-state index contributed by atoms with van der Waals surface area (Å²) in [6.45, 7) is 0.263. The number of halogens is 2. The Balaban J connectivity index is 1.57. The number of hydrogen-bond donors (Lipinski definition) is 2. The first-order valence-electron chi connectivity index (χ1n) is 9.00. The Labute approximate surface area is 174 Å². The summed E-state index contributed by atoms with van der Waals surface area (Å²) in [4.78, 5) is 29.7. The number of nitrogens with one attached hydrogen (secondary N) is 2. The molecule has 0 bridgehead atoms. The van der Waals surface area contributed by atoms with Crippen molar-refractivity contribution >= 4 is 11.5 Å². The number of H-pyrrole nitrogens is 1. The zero-order chi connectivity index (χ0) is 21.8. The number of rotatable bonds is 7. The van der Waals surface area contributed by atoms with Crippen molar-refractivity contribution in [2.24, 2.45) is 0 Å². The van der Waals surface area contributed by atoms with Crippen LogP contribution < -0.4 is 5.32 Å². The smallest absolute Gasteiger partial charge is 0.287 e. The number of aromatic nitrogens is 5. The Morgan fingerprint density at radius 2 is 1.97 bits per heavy atom. The van der Waals surface area contributed by atoms with E-state index in [4.69, 9.17) is 0 Å². The van der Waals surface area contributed by atoms with Crippen molar-refractivity contribution in [2.75, 3.05) is 11.9 Å². The van der Waals surface area contributed by atoms with Crippen molar-refractivity contribution in [3.8, 4) is 22.5 Å². The molecule has 4 rings (SSSR count). The highest BCUT2D eigenvalue weighted by Crippen LogP contribution is 2.31. The molecule has 0 unspecified atom stereocenters. The van der Waals surface area contributed by atoms with Crippen LogP contribution in [0.25, 0.3) is 22.5 Å². The number of hydrogen-bond acceptors (Lipinski definition) is 7. The van der Waals surface area contributed by atoms with E-state index in [1.54, 1.807) is 12.6 Å². The molecular formula is C20H14F2N7O2. The molecule has 0 aliphatic carbocycles. The van der Waals surface area contributed by atoms with Gasteiger partial charge < -0.3 is 10.3 Å². The number of imidazole rings is 1. The quantitative estimate of drug-likeness (QED) is 0.343. The largest absolute Gasteiger partial charge is 0.369 e. The molecule has 0 saturated carbocycles. The van der Waals surface area contributed by atoms with Gasteiger partial charge in [-0.1, -0.05) is 0 Å². The molecule has 3 heterocycles. The number of nitrogens with zero attached hydrogens (tertiary/aromatic N) is 5. The number of benzene rings is 1. The minimum Gasteiger partial charge on any atom is -0.369 e. The Hall–Kier alpha value is -4.28. The summed E-state index contributed by atoms with van der Waals surface area (Å²) >= 11 is 0. The second-order valence-corrected chi connectivity index (χ2v) is 6.32. The van der Waals surface area contributed by atoms with Gasteiger partial charge in [0.05, 0.1) is 28.8 Å². The molecule has 0 fully saturated rings. The average Bonchev–Trinajstić information content (AvgIpc) is 3.29. The first kappa shape index (κ1) is 20.0. The highest BCUT2D eigenvalue weighted by molar-refractivity contribution is 5.78. The summed E-state index contributed by atoms with van der Waals surface area (Å²) in [5.74, 6) is -0.708. The van der Waals surface area contributed by atoms with Crippen LogP contribution in [0.5, 0.6) is 0 Å². The highest BCUT2D eigenvalue weighted by atomic mass is 19.1. The standard InChI is InChI=1S/C20H14F2N7O2/c21-12-1-3-14(16(22)7-12)20-15(17-10-23-11-27-17)9-26-19(28-20)5-6-24-18-4-2-13(8-25-18)29(30)31/h1-5,7-11H,6H2,(H,23,27)(H,24,25). The molecule has 1 aromatic carbocycles. The molecule has 1 radical (unpaired) electrons. The number of anilines is 1. The van der Waals surface area contributed by atoms with E-state index in [1.165, 1.54) is 30.7 Å². The minimum atomic E-state index is -0.751. The van der Waals surface area contributed by atoms with Crippen molar-refractivity contribution in [2.45, 2.75) is 0 Å². The maximum Gasteiger partial charge on any atom is 0.287 e. The molecule has 0 saturated heterocycles. The van der Waals surface area contributed by atoms with Crippen LogP contribution in [-0.2, 0) is 0 Å². The molecule has 11 heteroatoms. The van der Waals surface area contributed by atoms with Gasteiger partial charge in [0.1, 0.15) is 29.5 Å². The van der Waals surface area contributed by atoms with E-state index in [9.17, 15) is 18.9 Å². The second kappa shape index (κ2) is 8.61. The highest BCUT2D eigenvalue weighted by Gasteiger charge is 2.16. The molecule has 0 spiro atoms. The minimum absolute atomic E-state index is 0.113. The fourth-order valence-electron chi connectivity index (χ4n) is 2.83. The van der Waals surface area contributed by atoms with E-state index in [0.29, 0.717) is 22.9 Å². The maximum atomic E-state index is 14.4. The Morgan fingerprint density at radius 3 is 2.65 bits per heavy atom. The van der Waals surface area contributed by atoms with Crippen LogP contribution in [0.3, 0.4) is 0 Å². The van der Waals surface area contributed by atoms with Crippen LogP contribution >= 0.6 is 0 Å². The monoisotopic (exact) mass is 422 g/mol. The predicted molar refractivity (Wildman–Crippen MR) is 108 cm³/mol. The van der Waals surface area contributed by atoms with Crippen LogP contribution in [0, 0.1) is 28.2 Å². The van der Waals surface area contributed by atoms with Gasteiger partial charge in [0.2, 0.25) is 0 Å². The lowest BCUT2D eigenvalue weighted by atomic mass is 10.0. The summed E-state index contributed by atoms with van der Waals surface area (Å²) in [5.41, 5.74) is 1.37. The molecule has 3 aromatic heterocycles. The first-order chi connectivity index (χ1) is 15.0. The lowest BCUT2D eigenvalue weighted by Gasteiger charge is -2.11. The molecule has 0 atom stereocenters. The van der Waals surface area contributed by atoms with Gasteiger partial charge in [-0.25, -0.2) is 28.7 Å². The topological polar surface area (TPSA) is 123 Å². The Bertz CT molecular complexity index is 1210. The van der Waals surface area contributed by atoms with Crippen LogP contribution in [-0.4, -0.2) is 36.4 Å². The molecule has 31 heavy (non-hydrogen) atoms. The molecular weight excluding hydrogens is 408 g/mol. The summed E-state index contributed by atoms with van der Waals surface area (Å²) < 4.78 is 27.8. The van der Waals surface area contributed by atoms with Crippen LogP contribution in [0.4, 0.5) is 20.3 Å². The molecule has 0 aliphatic rings. The molecule has 2 N–H and O–H groups in total. The number of pyridine rings is 1. The molecule has 155 valence electrons. The molecule has 4 aromatic rings. The van der Waals surface area contributed by atoms with Crippen LogP contribution in [0.1, 0.15) is 5.82 Å². The fraction of sp³-hybridized carbons (Fsp3) is 0.0500. The van der Waals surface area contributed by atoms with Crippen LogP contribution in [0.2, 0.25) is 0 Å². The van der Waals surface area contributed by atoms with Gasteiger partial charge in [-0.05, 0) is 18.2 Å². The Kier molecular flexibility index (Phi) is 5.56. The van der Waals surface area contributed by atoms with Crippen molar-refractivity contribution in [1.29, 1.82) is 0 Å². The van der Waals surface area contributed by atoms with Gasteiger partial charge in [0, 0.05) is 42.4 Å². The third-order valence-corrected chi connectivity index (χ3v) is 4.31. The average molecular weight is 422 g/mol. The van der Waals surface area contributed by atoms with Gasteiger partial charge in [-0.3, -0.25) is 10.1 Å². The first-order valence-corrected chi connectivity index (χ1v) is 9.00. The van der Waals surface area contributed by atoms with E-state index in [2.05, 4.69) is 30.2 Å². The summed E-state index contributed by atoms with van der Waals surface area (Å²) in [6.07, 6.45) is 7.34. The molecule has 9 nitrogen and oxygen atoms in total.